The Balaban J connectivity index is 1.33. The minimum Gasteiger partial charge on any atom is -0.335 e. The van der Waals surface area contributed by atoms with Gasteiger partial charge in [0, 0.05) is 54.7 Å². The number of hydrogen-bond acceptors (Lipinski definition) is 5. The van der Waals surface area contributed by atoms with Crippen molar-refractivity contribution in [2.24, 2.45) is 5.92 Å². The molecule has 3 aliphatic rings. The summed E-state index contributed by atoms with van der Waals surface area (Å²) in [6.45, 7) is 9.80. The smallest absolute Gasteiger partial charge is 0.251 e. The highest BCUT2D eigenvalue weighted by atomic mass is 35.5. The van der Waals surface area contributed by atoms with Crippen LogP contribution in [-0.2, 0) is 16.0 Å². The molecule has 2 aliphatic heterocycles. The highest BCUT2D eigenvalue weighted by molar-refractivity contribution is 6.30. The largest absolute Gasteiger partial charge is 0.335 e. The topological polar surface area (TPSA) is 67.9 Å². The zero-order chi connectivity index (χ0) is 26.6. The van der Waals surface area contributed by atoms with Crippen molar-refractivity contribution < 1.29 is 9.59 Å². The van der Waals surface area contributed by atoms with Gasteiger partial charge >= 0.3 is 0 Å². The lowest BCUT2D eigenvalue weighted by atomic mass is 9.87. The van der Waals surface area contributed by atoms with Crippen molar-refractivity contribution in [2.75, 3.05) is 33.2 Å². The molecule has 0 radical (unpaired) electrons. The second kappa shape index (κ2) is 12.5. The van der Waals surface area contributed by atoms with Crippen molar-refractivity contribution in [3.8, 4) is 0 Å². The summed E-state index contributed by atoms with van der Waals surface area (Å²) < 4.78 is 0. The molecule has 2 amide bonds. The highest BCUT2D eigenvalue weighted by Gasteiger charge is 2.38. The van der Waals surface area contributed by atoms with Crippen LogP contribution in [0.15, 0.2) is 24.3 Å². The van der Waals surface area contributed by atoms with E-state index >= 15 is 0 Å². The van der Waals surface area contributed by atoms with Crippen LogP contribution in [0.25, 0.3) is 0 Å². The number of benzene rings is 1. The molecule has 1 saturated carbocycles. The van der Waals surface area contributed by atoms with Crippen molar-refractivity contribution in [1.29, 1.82) is 0 Å². The minimum atomic E-state index is -0.318. The summed E-state index contributed by atoms with van der Waals surface area (Å²) >= 11 is 6.06. The fraction of sp³-hybridized carbons (Fsp3) is 0.724. The summed E-state index contributed by atoms with van der Waals surface area (Å²) in [5.74, 6) is 0.331. The number of piperidine rings is 1. The molecule has 0 aromatic heterocycles. The van der Waals surface area contributed by atoms with Crippen LogP contribution in [0, 0.1) is 5.92 Å². The Morgan fingerprint density at radius 3 is 2.22 bits per heavy atom. The van der Waals surface area contributed by atoms with E-state index in [1.165, 1.54) is 19.3 Å². The van der Waals surface area contributed by atoms with E-state index in [9.17, 15) is 9.59 Å². The molecule has 3 fully saturated rings. The minimum absolute atomic E-state index is 0.00666. The van der Waals surface area contributed by atoms with Crippen molar-refractivity contribution in [1.82, 2.24) is 25.6 Å². The van der Waals surface area contributed by atoms with Crippen LogP contribution in [-0.4, -0.2) is 83.5 Å². The Labute approximate surface area is 228 Å². The third-order valence-corrected chi connectivity index (χ3v) is 8.44. The van der Waals surface area contributed by atoms with Crippen LogP contribution in [0.2, 0.25) is 5.02 Å². The summed E-state index contributed by atoms with van der Waals surface area (Å²) in [5, 5.41) is 6.27. The molecular weight excluding hydrogens is 486 g/mol. The van der Waals surface area contributed by atoms with E-state index in [0.29, 0.717) is 42.5 Å². The zero-order valence-electron chi connectivity index (χ0n) is 23.1. The number of carbonyl (C=O) groups is 2. The van der Waals surface area contributed by atoms with Crippen LogP contribution in [0.1, 0.15) is 71.3 Å². The Hall–Kier alpha value is -1.67. The first kappa shape index (κ1) is 28.3. The number of nitrogens with one attached hydrogen (secondary N) is 2. The first-order chi connectivity index (χ1) is 17.6. The first-order valence-electron chi connectivity index (χ1n) is 14.2. The first-order valence-corrected chi connectivity index (χ1v) is 14.6. The molecule has 2 heterocycles. The van der Waals surface area contributed by atoms with Gasteiger partial charge in [-0.1, -0.05) is 43.0 Å². The average molecular weight is 532 g/mol. The molecule has 206 valence electrons. The normalized spacial score (nSPS) is 21.9. The number of rotatable bonds is 8. The molecule has 4 rings (SSSR count). The standard InChI is InChI=1S/C29H46ClN5O2/c1-29(2,3)35(25-8-6-5-7-9-25)28(37)22-14-16-34(17-15-22)32-27(36)26(31-24-19-33(4)20-24)18-21-10-12-23(30)13-11-21/h10-13,22,24-26,31H,5-9,14-20H2,1-4H3,(H,32,36)/t26-/m1/s1. The Kier molecular flexibility index (Phi) is 9.54. The lowest BCUT2D eigenvalue weighted by Gasteiger charge is -2.46. The van der Waals surface area contributed by atoms with Gasteiger partial charge in [0.25, 0.3) is 5.91 Å². The molecule has 1 atom stereocenters. The number of halogens is 1. The molecule has 1 aliphatic carbocycles. The maximum atomic E-state index is 13.7. The van der Waals surface area contributed by atoms with E-state index in [-0.39, 0.29) is 23.4 Å². The van der Waals surface area contributed by atoms with Crippen LogP contribution in [0.5, 0.6) is 0 Å². The number of amides is 2. The summed E-state index contributed by atoms with van der Waals surface area (Å²) in [5.41, 5.74) is 4.08. The summed E-state index contributed by atoms with van der Waals surface area (Å²) in [7, 11) is 2.09. The maximum absolute atomic E-state index is 13.7. The molecule has 0 bridgehead atoms. The quantitative estimate of drug-likeness (QED) is 0.533. The summed E-state index contributed by atoms with van der Waals surface area (Å²) in [6.07, 6.45) is 8.14. The van der Waals surface area contributed by atoms with Gasteiger partial charge < -0.3 is 15.1 Å². The zero-order valence-corrected chi connectivity index (χ0v) is 23.9. The predicted molar refractivity (Wildman–Crippen MR) is 149 cm³/mol. The highest BCUT2D eigenvalue weighted by Crippen LogP contribution is 2.32. The van der Waals surface area contributed by atoms with Gasteiger partial charge in [-0.2, -0.15) is 0 Å². The number of carbonyl (C=O) groups excluding carboxylic acids is 2. The Morgan fingerprint density at radius 1 is 1.03 bits per heavy atom. The number of nitrogens with zero attached hydrogens (tertiary/aromatic N) is 3. The fourth-order valence-corrected chi connectivity index (χ4v) is 6.36. The SMILES string of the molecule is CN1CC(N[C@H](Cc2ccc(Cl)cc2)C(=O)NN2CCC(C(=O)N(C3CCCCC3)C(C)(C)C)CC2)C1. The molecule has 0 spiro atoms. The van der Waals surface area contributed by atoms with E-state index in [1.807, 2.05) is 29.3 Å². The molecule has 2 N–H and O–H groups in total. The van der Waals surface area contributed by atoms with E-state index in [1.54, 1.807) is 0 Å². The molecular formula is C29H46ClN5O2. The fourth-order valence-electron chi connectivity index (χ4n) is 6.24. The molecule has 37 heavy (non-hydrogen) atoms. The van der Waals surface area contributed by atoms with Crippen LogP contribution in [0.3, 0.4) is 0 Å². The number of likely N-dealkylation sites (N-methyl/N-ethyl adjacent to an activating group) is 1. The maximum Gasteiger partial charge on any atom is 0.251 e. The molecule has 0 unspecified atom stereocenters. The third kappa shape index (κ3) is 7.69. The summed E-state index contributed by atoms with van der Waals surface area (Å²) in [6, 6.07) is 8.09. The lowest BCUT2D eigenvalue weighted by molar-refractivity contribution is -0.147. The van der Waals surface area contributed by atoms with E-state index < -0.39 is 0 Å². The predicted octanol–water partition coefficient (Wildman–Crippen LogP) is 3.86. The second-order valence-corrected chi connectivity index (χ2v) is 12.8. The van der Waals surface area contributed by atoms with Crippen LogP contribution < -0.4 is 10.7 Å². The molecule has 1 aromatic carbocycles. The molecule has 2 saturated heterocycles. The summed E-state index contributed by atoms with van der Waals surface area (Å²) in [4.78, 5) is 31.5. The van der Waals surface area contributed by atoms with Crippen molar-refractivity contribution in [3.63, 3.8) is 0 Å². The van der Waals surface area contributed by atoms with E-state index in [2.05, 4.69) is 48.4 Å². The van der Waals surface area contributed by atoms with Gasteiger partial charge in [0.1, 0.15) is 0 Å². The lowest BCUT2D eigenvalue weighted by Crippen LogP contribution is -2.63. The van der Waals surface area contributed by atoms with Gasteiger partial charge in [-0.15, -0.1) is 0 Å². The third-order valence-electron chi connectivity index (χ3n) is 8.18. The van der Waals surface area contributed by atoms with Gasteiger partial charge in [0.05, 0.1) is 6.04 Å². The van der Waals surface area contributed by atoms with E-state index in [4.69, 9.17) is 11.6 Å². The van der Waals surface area contributed by atoms with Gasteiger partial charge in [0.15, 0.2) is 0 Å². The van der Waals surface area contributed by atoms with Crippen molar-refractivity contribution in [2.45, 2.75) is 95.8 Å². The van der Waals surface area contributed by atoms with Gasteiger partial charge in [-0.25, -0.2) is 5.01 Å². The monoisotopic (exact) mass is 531 g/mol. The Morgan fingerprint density at radius 2 is 1.65 bits per heavy atom. The van der Waals surface area contributed by atoms with Gasteiger partial charge in [-0.3, -0.25) is 15.0 Å². The van der Waals surface area contributed by atoms with Crippen molar-refractivity contribution >= 4 is 23.4 Å². The van der Waals surface area contributed by atoms with Gasteiger partial charge in [-0.05, 0) is 77.6 Å². The second-order valence-electron chi connectivity index (χ2n) is 12.4. The van der Waals surface area contributed by atoms with Gasteiger partial charge in [0.2, 0.25) is 5.91 Å². The molecule has 7 nitrogen and oxygen atoms in total. The van der Waals surface area contributed by atoms with Crippen LogP contribution in [0.4, 0.5) is 0 Å². The average Bonchev–Trinajstić information content (AvgIpc) is 2.84. The number of hydrogen-bond donors (Lipinski definition) is 2. The number of likely N-dealkylation sites (tertiary alicyclic amines) is 1. The molecule has 1 aromatic rings. The number of hydrazine groups is 1. The van der Waals surface area contributed by atoms with E-state index in [0.717, 1.165) is 44.3 Å². The van der Waals surface area contributed by atoms with Crippen molar-refractivity contribution in [3.05, 3.63) is 34.9 Å². The Bertz CT molecular complexity index is 898. The van der Waals surface area contributed by atoms with Crippen LogP contribution >= 0.6 is 11.6 Å². The molecule has 8 heteroatoms.